The van der Waals surface area contributed by atoms with E-state index in [-0.39, 0.29) is 0 Å². The van der Waals surface area contributed by atoms with Crippen molar-refractivity contribution in [3.8, 4) is 6.07 Å². The average molecular weight is 296 g/mol. The number of nitrogens with one attached hydrogen (secondary N) is 1. The summed E-state index contributed by atoms with van der Waals surface area (Å²) in [5.74, 6) is 1.17. The van der Waals surface area contributed by atoms with Crippen LogP contribution in [0.5, 0.6) is 0 Å². The number of aromatic nitrogens is 1. The predicted octanol–water partition coefficient (Wildman–Crippen LogP) is 3.50. The van der Waals surface area contributed by atoms with E-state index in [1.165, 1.54) is 0 Å². The van der Waals surface area contributed by atoms with Crippen molar-refractivity contribution >= 4 is 23.4 Å². The first-order valence-electron chi connectivity index (χ1n) is 6.61. The zero-order chi connectivity index (χ0) is 13.7. The normalized spacial score (nSPS) is 17.7. The molecular formula is C14H18ClN3S. The van der Waals surface area contributed by atoms with E-state index in [0.29, 0.717) is 16.7 Å². The highest BCUT2D eigenvalue weighted by Crippen LogP contribution is 2.42. The molecule has 1 aliphatic carbocycles. The van der Waals surface area contributed by atoms with Gasteiger partial charge in [-0.2, -0.15) is 5.26 Å². The summed E-state index contributed by atoms with van der Waals surface area (Å²) in [5.41, 5.74) is -0.429. The summed E-state index contributed by atoms with van der Waals surface area (Å²) < 4.78 is 0. The highest BCUT2D eigenvalue weighted by Gasteiger charge is 2.45. The number of hydrogen-bond acceptors (Lipinski definition) is 4. The first-order chi connectivity index (χ1) is 9.22. The molecule has 0 aliphatic heterocycles. The fraction of sp³-hybridized carbons (Fsp3) is 0.571. The van der Waals surface area contributed by atoms with E-state index in [9.17, 15) is 5.26 Å². The Morgan fingerprint density at radius 3 is 3.00 bits per heavy atom. The van der Waals surface area contributed by atoms with Crippen LogP contribution >= 0.6 is 23.4 Å². The van der Waals surface area contributed by atoms with E-state index in [1.54, 1.807) is 18.0 Å². The fourth-order valence-corrected chi connectivity index (χ4v) is 3.45. The number of pyridine rings is 1. The summed E-state index contributed by atoms with van der Waals surface area (Å²) in [5, 5.41) is 14.5. The second-order valence-corrected chi connectivity index (χ2v) is 6.23. The van der Waals surface area contributed by atoms with Crippen LogP contribution in [0.1, 0.15) is 26.2 Å². The van der Waals surface area contributed by atoms with Gasteiger partial charge in [-0.05, 0) is 43.9 Å². The predicted molar refractivity (Wildman–Crippen MR) is 79.3 cm³/mol. The number of nitriles is 1. The van der Waals surface area contributed by atoms with Gasteiger partial charge in [0, 0.05) is 11.9 Å². The van der Waals surface area contributed by atoms with Gasteiger partial charge in [0.2, 0.25) is 0 Å². The maximum Gasteiger partial charge on any atom is 0.119 e. The Balaban J connectivity index is 2.04. The minimum absolute atomic E-state index is 0.429. The summed E-state index contributed by atoms with van der Waals surface area (Å²) in [6.45, 7) is 2.99. The molecule has 1 N–H and O–H groups in total. The van der Waals surface area contributed by atoms with Crippen molar-refractivity contribution in [1.29, 1.82) is 5.26 Å². The van der Waals surface area contributed by atoms with Crippen molar-refractivity contribution in [2.75, 3.05) is 12.3 Å². The SMILES string of the molecule is CCCNC(C#N)(CSc1ncccc1Cl)C1CC1. The van der Waals surface area contributed by atoms with Gasteiger partial charge < -0.3 is 0 Å². The van der Waals surface area contributed by atoms with Crippen molar-refractivity contribution in [2.24, 2.45) is 5.92 Å². The van der Waals surface area contributed by atoms with Gasteiger partial charge in [-0.1, -0.05) is 18.5 Å². The van der Waals surface area contributed by atoms with Crippen LogP contribution in [-0.4, -0.2) is 22.8 Å². The molecule has 1 fully saturated rings. The number of halogens is 1. The van der Waals surface area contributed by atoms with Gasteiger partial charge in [0.15, 0.2) is 0 Å². The van der Waals surface area contributed by atoms with Crippen LogP contribution in [0, 0.1) is 17.2 Å². The van der Waals surface area contributed by atoms with Crippen molar-refractivity contribution < 1.29 is 0 Å². The molecule has 0 amide bonds. The molecule has 1 unspecified atom stereocenters. The molecule has 1 saturated carbocycles. The van der Waals surface area contributed by atoms with Gasteiger partial charge in [-0.15, -0.1) is 11.8 Å². The zero-order valence-corrected chi connectivity index (χ0v) is 12.6. The van der Waals surface area contributed by atoms with E-state index in [2.05, 4.69) is 23.3 Å². The second kappa shape index (κ2) is 6.60. The van der Waals surface area contributed by atoms with Gasteiger partial charge in [-0.25, -0.2) is 4.98 Å². The van der Waals surface area contributed by atoms with Gasteiger partial charge in [0.05, 0.1) is 11.1 Å². The van der Waals surface area contributed by atoms with Gasteiger partial charge in [0.25, 0.3) is 0 Å². The van der Waals surface area contributed by atoms with Gasteiger partial charge >= 0.3 is 0 Å². The molecule has 19 heavy (non-hydrogen) atoms. The van der Waals surface area contributed by atoms with E-state index in [1.807, 2.05) is 12.1 Å². The second-order valence-electron chi connectivity index (χ2n) is 4.86. The van der Waals surface area contributed by atoms with Crippen molar-refractivity contribution in [3.05, 3.63) is 23.4 Å². The minimum atomic E-state index is -0.429. The molecule has 0 spiro atoms. The number of nitrogens with zero attached hydrogens (tertiary/aromatic N) is 2. The standard InChI is InChI=1S/C14H18ClN3S/c1-2-7-18-14(9-16,11-5-6-11)10-19-13-12(15)4-3-8-17-13/h3-4,8,11,18H,2,5-7,10H2,1H3. The van der Waals surface area contributed by atoms with Crippen LogP contribution in [0.4, 0.5) is 0 Å². The van der Waals surface area contributed by atoms with Crippen LogP contribution in [0.3, 0.4) is 0 Å². The summed E-state index contributed by atoms with van der Waals surface area (Å²) >= 11 is 7.68. The van der Waals surface area contributed by atoms with Crippen molar-refractivity contribution in [3.63, 3.8) is 0 Å². The lowest BCUT2D eigenvalue weighted by Crippen LogP contribution is -2.48. The molecule has 0 bridgehead atoms. The Kier molecular flexibility index (Phi) is 5.09. The lowest BCUT2D eigenvalue weighted by Gasteiger charge is -2.27. The Labute approximate surface area is 123 Å². The molecular weight excluding hydrogens is 278 g/mol. The third kappa shape index (κ3) is 3.62. The number of hydrogen-bond donors (Lipinski definition) is 1. The molecule has 1 aromatic heterocycles. The lowest BCUT2D eigenvalue weighted by atomic mass is 9.97. The molecule has 1 heterocycles. The Bertz CT molecular complexity index is 470. The molecule has 5 heteroatoms. The van der Waals surface area contributed by atoms with E-state index in [0.717, 1.165) is 30.8 Å². The molecule has 3 nitrogen and oxygen atoms in total. The van der Waals surface area contributed by atoms with Crippen LogP contribution in [0.2, 0.25) is 5.02 Å². The Morgan fingerprint density at radius 1 is 1.63 bits per heavy atom. The van der Waals surface area contributed by atoms with Crippen LogP contribution in [0.15, 0.2) is 23.4 Å². The molecule has 1 aliphatic rings. The van der Waals surface area contributed by atoms with Crippen LogP contribution in [-0.2, 0) is 0 Å². The van der Waals surface area contributed by atoms with Gasteiger partial charge in [-0.3, -0.25) is 5.32 Å². The number of rotatable bonds is 7. The first kappa shape index (κ1) is 14.6. The minimum Gasteiger partial charge on any atom is -0.298 e. The topological polar surface area (TPSA) is 48.7 Å². The summed E-state index contributed by atoms with van der Waals surface area (Å²) in [6.07, 6.45) is 5.05. The molecule has 0 saturated heterocycles. The molecule has 0 radical (unpaired) electrons. The van der Waals surface area contributed by atoms with Crippen LogP contribution in [0.25, 0.3) is 0 Å². The largest absolute Gasteiger partial charge is 0.298 e. The monoisotopic (exact) mass is 295 g/mol. The lowest BCUT2D eigenvalue weighted by molar-refractivity contribution is 0.405. The molecule has 2 rings (SSSR count). The number of thioether (sulfide) groups is 1. The molecule has 1 atom stereocenters. The zero-order valence-electron chi connectivity index (χ0n) is 11.0. The average Bonchev–Trinajstić information content (AvgIpc) is 3.26. The maximum absolute atomic E-state index is 9.58. The summed E-state index contributed by atoms with van der Waals surface area (Å²) in [4.78, 5) is 4.27. The Hall–Kier alpha value is -0.760. The molecule has 102 valence electrons. The smallest absolute Gasteiger partial charge is 0.119 e. The maximum atomic E-state index is 9.58. The third-order valence-electron chi connectivity index (χ3n) is 3.33. The van der Waals surface area contributed by atoms with E-state index >= 15 is 0 Å². The summed E-state index contributed by atoms with van der Waals surface area (Å²) in [6, 6.07) is 6.15. The first-order valence-corrected chi connectivity index (χ1v) is 7.98. The Morgan fingerprint density at radius 2 is 2.42 bits per heavy atom. The summed E-state index contributed by atoms with van der Waals surface area (Å²) in [7, 11) is 0. The van der Waals surface area contributed by atoms with E-state index in [4.69, 9.17) is 11.6 Å². The third-order valence-corrected chi connectivity index (χ3v) is 4.94. The highest BCUT2D eigenvalue weighted by molar-refractivity contribution is 7.99. The fourth-order valence-electron chi connectivity index (χ4n) is 2.06. The quantitative estimate of drug-likeness (QED) is 0.782. The highest BCUT2D eigenvalue weighted by atomic mass is 35.5. The van der Waals surface area contributed by atoms with Crippen molar-refractivity contribution in [1.82, 2.24) is 10.3 Å². The van der Waals surface area contributed by atoms with Gasteiger partial charge in [0.1, 0.15) is 10.6 Å². The van der Waals surface area contributed by atoms with Crippen molar-refractivity contribution in [2.45, 2.75) is 36.8 Å². The molecule has 0 aromatic carbocycles. The van der Waals surface area contributed by atoms with Crippen LogP contribution < -0.4 is 5.32 Å². The molecule has 1 aromatic rings. The van der Waals surface area contributed by atoms with E-state index < -0.39 is 5.54 Å².